The second-order valence-corrected chi connectivity index (χ2v) is 18.0. The zero-order chi connectivity index (χ0) is 40.3. The molecule has 57 heavy (non-hydrogen) atoms. The number of methoxy groups -OCH3 is 2. The fourth-order valence-corrected chi connectivity index (χ4v) is 9.99. The number of carbonyl (C=O) groups is 5. The van der Waals surface area contributed by atoms with Gasteiger partial charge < -0.3 is 25.0 Å². The van der Waals surface area contributed by atoms with Crippen LogP contribution in [0.5, 0.6) is 5.75 Å². The van der Waals surface area contributed by atoms with E-state index in [-0.39, 0.29) is 37.5 Å². The average molecular weight is 809 g/mol. The first kappa shape index (κ1) is 40.3. The number of benzene rings is 1. The number of amides is 4. The van der Waals surface area contributed by atoms with Crippen LogP contribution in [0.15, 0.2) is 36.4 Å². The Kier molecular flexibility index (Phi) is 12.0. The summed E-state index contributed by atoms with van der Waals surface area (Å²) in [6.45, 7) is -0.0217. The summed E-state index contributed by atoms with van der Waals surface area (Å²) >= 11 is 0. The second kappa shape index (κ2) is 16.9. The first-order valence-corrected chi connectivity index (χ1v) is 21.7. The highest BCUT2D eigenvalue weighted by Crippen LogP contribution is 2.46. The molecule has 3 N–H and O–H groups in total. The molecule has 0 bridgehead atoms. The maximum atomic E-state index is 15.0. The van der Waals surface area contributed by atoms with E-state index >= 15 is 0 Å². The predicted octanol–water partition coefficient (Wildman–Crippen LogP) is 2.85. The number of nitrogens with one attached hydrogen (secondary N) is 3. The highest BCUT2D eigenvalue weighted by atomic mass is 32.2. The highest BCUT2D eigenvalue weighted by Gasteiger charge is 2.62. The SMILES string of the molecule is COC(=O)N[C@H](C(=O)[C@H]1CCCCC/C=C\[C@H]2C[C@@]2(C(=O)NS(=O)(=O)C2CC2)NC(=O)[C@@H]2C[C@@H](c3nnn(-c4ccc(OC)cc4)n3)CN2C1=O)C1CCCCC1. The normalized spacial score (nSPS) is 28.4. The van der Waals surface area contributed by atoms with Crippen LogP contribution in [0.2, 0.25) is 0 Å². The molecule has 3 saturated carbocycles. The smallest absolute Gasteiger partial charge is 0.407 e. The van der Waals surface area contributed by atoms with E-state index < -0.39 is 80.2 Å². The second-order valence-electron chi connectivity index (χ2n) is 16.1. The number of aromatic nitrogens is 4. The third kappa shape index (κ3) is 8.84. The molecule has 18 heteroatoms. The topological polar surface area (TPSA) is 221 Å². The molecule has 0 radical (unpaired) electrons. The Labute approximate surface area is 332 Å². The minimum Gasteiger partial charge on any atom is -0.497 e. The van der Waals surface area contributed by atoms with Crippen LogP contribution in [0.1, 0.15) is 102 Å². The van der Waals surface area contributed by atoms with E-state index in [0.717, 1.165) is 25.7 Å². The maximum absolute atomic E-state index is 15.0. The van der Waals surface area contributed by atoms with Gasteiger partial charge in [0.1, 0.15) is 17.3 Å². The van der Waals surface area contributed by atoms with E-state index in [9.17, 15) is 32.4 Å². The number of allylic oxidation sites excluding steroid dienone is 1. The lowest BCUT2D eigenvalue weighted by Crippen LogP contribution is -2.58. The van der Waals surface area contributed by atoms with Crippen molar-refractivity contribution in [1.29, 1.82) is 0 Å². The van der Waals surface area contributed by atoms with Crippen molar-refractivity contribution < 1.29 is 41.9 Å². The van der Waals surface area contributed by atoms with Gasteiger partial charge >= 0.3 is 6.09 Å². The molecule has 5 aliphatic rings. The molecule has 7 rings (SSSR count). The predicted molar refractivity (Wildman–Crippen MR) is 204 cm³/mol. The van der Waals surface area contributed by atoms with Gasteiger partial charge in [-0.3, -0.25) is 23.9 Å². The molecular weight excluding hydrogens is 757 g/mol. The molecule has 1 aromatic heterocycles. The Balaban J connectivity index is 1.22. The Morgan fingerprint density at radius 2 is 1.68 bits per heavy atom. The zero-order valence-electron chi connectivity index (χ0n) is 32.4. The highest BCUT2D eigenvalue weighted by molar-refractivity contribution is 7.91. The maximum Gasteiger partial charge on any atom is 0.407 e. The monoisotopic (exact) mass is 808 g/mol. The van der Waals surface area contributed by atoms with Gasteiger partial charge in [0, 0.05) is 18.4 Å². The Morgan fingerprint density at radius 3 is 2.39 bits per heavy atom. The number of tetrazole rings is 1. The summed E-state index contributed by atoms with van der Waals surface area (Å²) in [5.41, 5.74) is -0.931. The lowest BCUT2D eigenvalue weighted by Gasteiger charge is -2.34. The van der Waals surface area contributed by atoms with Gasteiger partial charge in [0.2, 0.25) is 21.8 Å². The van der Waals surface area contributed by atoms with Crippen LogP contribution < -0.4 is 20.1 Å². The number of alkyl carbamates (subject to hydrolysis) is 1. The number of Topliss-reactive ketones (excluding diaryl/α,β-unsaturated/α-hetero) is 1. The van der Waals surface area contributed by atoms with Crippen molar-refractivity contribution in [1.82, 2.24) is 40.5 Å². The number of carbonyl (C=O) groups excluding carboxylic acids is 5. The minimum atomic E-state index is -3.92. The van der Waals surface area contributed by atoms with E-state index in [4.69, 9.17) is 9.47 Å². The summed E-state index contributed by atoms with van der Waals surface area (Å²) < 4.78 is 38.2. The number of nitrogens with zero attached hydrogens (tertiary/aromatic N) is 5. The molecule has 3 heterocycles. The number of sulfonamides is 1. The third-order valence-corrected chi connectivity index (χ3v) is 14.0. The molecular formula is C39H52N8O9S. The number of hydrogen-bond acceptors (Lipinski definition) is 12. The van der Waals surface area contributed by atoms with Gasteiger partial charge in [-0.2, -0.15) is 0 Å². The van der Waals surface area contributed by atoms with E-state index in [1.165, 1.54) is 16.8 Å². The van der Waals surface area contributed by atoms with Crippen molar-refractivity contribution >= 4 is 39.6 Å². The first-order valence-electron chi connectivity index (χ1n) is 20.1. The van der Waals surface area contributed by atoms with Crippen LogP contribution in [-0.4, -0.2) is 107 Å². The van der Waals surface area contributed by atoms with Crippen molar-refractivity contribution in [3.05, 3.63) is 42.2 Å². The van der Waals surface area contributed by atoms with Gasteiger partial charge in [0.15, 0.2) is 11.6 Å². The summed E-state index contributed by atoms with van der Waals surface area (Å²) in [5, 5.41) is 18.1. The number of hydrogen-bond donors (Lipinski definition) is 3. The molecule has 4 amide bonds. The molecule has 4 fully saturated rings. The molecule has 1 aromatic carbocycles. The summed E-state index contributed by atoms with van der Waals surface area (Å²) in [7, 11) is -1.13. The molecule has 17 nitrogen and oxygen atoms in total. The molecule has 0 unspecified atom stereocenters. The van der Waals surface area contributed by atoms with E-state index in [2.05, 4.69) is 30.8 Å². The number of ketones is 1. The zero-order valence-corrected chi connectivity index (χ0v) is 33.2. The fraction of sp³-hybridized carbons (Fsp3) is 0.641. The number of fused-ring (bicyclic) bond motifs is 2. The van der Waals surface area contributed by atoms with Crippen molar-refractivity contribution in [2.75, 3.05) is 20.8 Å². The standard InChI is InChI=1S/C39H52N8O9S/c1-55-28-17-15-27(16-18-28)47-43-34(42-45-47)25-21-31-35(49)41-39(37(51)44-57(53,54)29-19-20-29)22-26(39)13-9-4-3-5-10-14-30(36(50)46(31)23-25)33(48)32(40-38(52)56-2)24-11-7-6-8-12-24/h9,13,15-18,24-26,29-32H,3-8,10-12,14,19-23H2,1-2H3,(H,40,52)(H,41,49)(H,44,51)/b13-9-/t25-,26+,30-,31+,32+,39-/m1/s1. The quantitative estimate of drug-likeness (QED) is 0.233. The van der Waals surface area contributed by atoms with Crippen LogP contribution >= 0.6 is 0 Å². The molecule has 1 saturated heterocycles. The van der Waals surface area contributed by atoms with Crippen LogP contribution in [0.3, 0.4) is 0 Å². The molecule has 308 valence electrons. The summed E-state index contributed by atoms with van der Waals surface area (Å²) in [6, 6.07) is 4.91. The van der Waals surface area contributed by atoms with Crippen LogP contribution in [-0.2, 0) is 33.9 Å². The van der Waals surface area contributed by atoms with Crippen molar-refractivity contribution in [2.45, 2.75) is 119 Å². The molecule has 0 spiro atoms. The van der Waals surface area contributed by atoms with Crippen molar-refractivity contribution in [2.24, 2.45) is 17.8 Å². The van der Waals surface area contributed by atoms with Crippen molar-refractivity contribution in [3.63, 3.8) is 0 Å². The Morgan fingerprint density at radius 1 is 0.965 bits per heavy atom. The summed E-state index contributed by atoms with van der Waals surface area (Å²) in [6.07, 6.45) is 11.3. The molecule has 3 aliphatic carbocycles. The largest absolute Gasteiger partial charge is 0.497 e. The van der Waals surface area contributed by atoms with Gasteiger partial charge in [-0.05, 0) is 93.2 Å². The molecule has 2 aliphatic heterocycles. The van der Waals surface area contributed by atoms with Gasteiger partial charge in [0.05, 0.1) is 37.1 Å². The Hall–Kier alpha value is -4.87. The Bertz CT molecular complexity index is 1980. The fourth-order valence-electron chi connectivity index (χ4n) is 8.62. The molecule has 2 aromatic rings. The summed E-state index contributed by atoms with van der Waals surface area (Å²) in [5.74, 6) is -3.92. The number of ether oxygens (including phenoxy) is 2. The van der Waals surface area contributed by atoms with Gasteiger partial charge in [0.25, 0.3) is 5.91 Å². The lowest BCUT2D eigenvalue weighted by atomic mass is 9.78. The van der Waals surface area contributed by atoms with Crippen LogP contribution in [0, 0.1) is 17.8 Å². The first-order chi connectivity index (χ1) is 27.4. The number of rotatable bonds is 10. The van der Waals surface area contributed by atoms with Crippen LogP contribution in [0.25, 0.3) is 5.69 Å². The minimum absolute atomic E-state index is 0.0217. The third-order valence-electron chi connectivity index (χ3n) is 12.2. The van der Waals surface area contributed by atoms with E-state index in [1.807, 2.05) is 12.2 Å². The average Bonchev–Trinajstić information content (AvgIpc) is 4.09. The van der Waals surface area contributed by atoms with Gasteiger partial charge in [-0.25, -0.2) is 13.2 Å². The summed E-state index contributed by atoms with van der Waals surface area (Å²) in [4.78, 5) is 73.3. The lowest BCUT2D eigenvalue weighted by molar-refractivity contribution is -0.147. The van der Waals surface area contributed by atoms with Gasteiger partial charge in [-0.1, -0.05) is 44.3 Å². The van der Waals surface area contributed by atoms with E-state index in [1.54, 1.807) is 31.4 Å². The molecule has 6 atom stereocenters. The van der Waals surface area contributed by atoms with E-state index in [0.29, 0.717) is 56.4 Å². The van der Waals surface area contributed by atoms with Crippen molar-refractivity contribution in [3.8, 4) is 11.4 Å². The van der Waals surface area contributed by atoms with Gasteiger partial charge in [-0.15, -0.1) is 15.0 Å². The van der Waals surface area contributed by atoms with Crippen LogP contribution in [0.4, 0.5) is 4.79 Å².